The number of phenolic OH excluding ortho intramolecular Hbond substituents is 1. The molecule has 0 aliphatic rings. The quantitative estimate of drug-likeness (QED) is 0.546. The highest BCUT2D eigenvalue weighted by Crippen LogP contribution is 2.29. The van der Waals surface area contributed by atoms with E-state index in [1.165, 1.54) is 12.1 Å². The number of rotatable bonds is 2. The smallest absolute Gasteiger partial charge is 0.165 e. The Morgan fingerprint density at radius 3 is 2.50 bits per heavy atom. The van der Waals surface area contributed by atoms with Gasteiger partial charge in [0.05, 0.1) is 17.4 Å². The first-order valence-corrected chi connectivity index (χ1v) is 7.73. The number of benzene rings is 3. The summed E-state index contributed by atoms with van der Waals surface area (Å²) in [5.74, 6) is -1.05. The first-order chi connectivity index (χ1) is 11.6. The van der Waals surface area contributed by atoms with Crippen LogP contribution in [0.25, 0.3) is 27.7 Å². The van der Waals surface area contributed by atoms with Crippen LogP contribution in [0.15, 0.2) is 66.9 Å². The Morgan fingerprint density at radius 1 is 1.00 bits per heavy atom. The van der Waals surface area contributed by atoms with Crippen LogP contribution in [0.3, 0.4) is 0 Å². The molecular formula is C19H12ClFN2O. The molecule has 3 aromatic carbocycles. The minimum Gasteiger partial charge on any atom is -0.505 e. The number of halogens is 2. The fraction of sp³-hybridized carbons (Fsp3) is 0. The van der Waals surface area contributed by atoms with Crippen molar-refractivity contribution in [3.05, 3.63) is 77.7 Å². The van der Waals surface area contributed by atoms with E-state index in [0.717, 1.165) is 16.8 Å². The highest BCUT2D eigenvalue weighted by Gasteiger charge is 2.10. The highest BCUT2D eigenvalue weighted by atomic mass is 35.5. The van der Waals surface area contributed by atoms with Crippen LogP contribution in [0.4, 0.5) is 4.39 Å². The molecular weight excluding hydrogens is 327 g/mol. The Morgan fingerprint density at radius 2 is 1.75 bits per heavy atom. The molecule has 1 heterocycles. The van der Waals surface area contributed by atoms with Crippen LogP contribution in [-0.4, -0.2) is 14.9 Å². The predicted octanol–water partition coefficient (Wildman–Crippen LogP) is 5.19. The molecule has 0 radical (unpaired) electrons. The molecule has 4 aromatic rings. The zero-order chi connectivity index (χ0) is 16.7. The van der Waals surface area contributed by atoms with Crippen molar-refractivity contribution in [2.75, 3.05) is 0 Å². The third-order valence-electron chi connectivity index (χ3n) is 3.93. The van der Waals surface area contributed by atoms with E-state index in [4.69, 9.17) is 11.6 Å². The van der Waals surface area contributed by atoms with Gasteiger partial charge in [-0.2, -0.15) is 5.10 Å². The minimum atomic E-state index is -0.656. The summed E-state index contributed by atoms with van der Waals surface area (Å²) in [4.78, 5) is 0. The minimum absolute atomic E-state index is 0.392. The van der Waals surface area contributed by atoms with Crippen molar-refractivity contribution in [2.24, 2.45) is 0 Å². The van der Waals surface area contributed by atoms with Gasteiger partial charge >= 0.3 is 0 Å². The number of fused-ring (bicyclic) bond motifs is 1. The number of nitrogens with zero attached hydrogens (tertiary/aromatic N) is 2. The molecule has 1 N–H and O–H groups in total. The Kier molecular flexibility index (Phi) is 3.47. The van der Waals surface area contributed by atoms with Gasteiger partial charge in [0, 0.05) is 22.0 Å². The van der Waals surface area contributed by atoms with Gasteiger partial charge in [-0.25, -0.2) is 9.07 Å². The van der Waals surface area contributed by atoms with E-state index in [1.807, 2.05) is 48.5 Å². The van der Waals surface area contributed by atoms with Gasteiger partial charge < -0.3 is 5.11 Å². The molecule has 0 saturated heterocycles. The lowest BCUT2D eigenvalue weighted by atomic mass is 10.1. The number of hydrogen-bond acceptors (Lipinski definition) is 2. The van der Waals surface area contributed by atoms with Gasteiger partial charge in [0.2, 0.25) is 0 Å². The molecule has 0 unspecified atom stereocenters. The molecule has 24 heavy (non-hydrogen) atoms. The molecule has 0 fully saturated rings. The number of hydrogen-bond donors (Lipinski definition) is 1. The number of phenols is 1. The summed E-state index contributed by atoms with van der Waals surface area (Å²) in [6, 6.07) is 18.0. The molecule has 3 nitrogen and oxygen atoms in total. The Balaban J connectivity index is 1.79. The average Bonchev–Trinajstić information content (AvgIpc) is 2.99. The first-order valence-electron chi connectivity index (χ1n) is 7.35. The fourth-order valence-electron chi connectivity index (χ4n) is 2.72. The third-order valence-corrected chi connectivity index (χ3v) is 4.26. The molecule has 118 valence electrons. The van der Waals surface area contributed by atoms with Crippen molar-refractivity contribution in [3.63, 3.8) is 0 Å². The Hall–Kier alpha value is -2.85. The van der Waals surface area contributed by atoms with E-state index in [0.29, 0.717) is 15.9 Å². The zero-order valence-electron chi connectivity index (χ0n) is 12.4. The summed E-state index contributed by atoms with van der Waals surface area (Å²) >= 11 is 6.23. The Labute approximate surface area is 142 Å². The predicted molar refractivity (Wildman–Crippen MR) is 93.1 cm³/mol. The fourth-order valence-corrected chi connectivity index (χ4v) is 2.96. The monoisotopic (exact) mass is 338 g/mol. The SMILES string of the molecule is Oc1cc2c(cnn2-c2ccc(-c3ccccc3Cl)cc2)cc1F. The topological polar surface area (TPSA) is 38.1 Å². The van der Waals surface area contributed by atoms with Gasteiger partial charge in [-0.3, -0.25) is 0 Å². The maximum atomic E-state index is 13.4. The van der Waals surface area contributed by atoms with E-state index in [1.54, 1.807) is 10.9 Å². The van der Waals surface area contributed by atoms with Crippen LogP contribution in [0.2, 0.25) is 5.02 Å². The van der Waals surface area contributed by atoms with Gasteiger partial charge in [-0.1, -0.05) is 41.9 Å². The van der Waals surface area contributed by atoms with E-state index < -0.39 is 11.6 Å². The Bertz CT molecular complexity index is 1040. The molecule has 0 aliphatic heterocycles. The number of aromatic nitrogens is 2. The lowest BCUT2D eigenvalue weighted by molar-refractivity contribution is 0.433. The maximum Gasteiger partial charge on any atom is 0.165 e. The molecule has 4 rings (SSSR count). The van der Waals surface area contributed by atoms with Gasteiger partial charge in [0.15, 0.2) is 11.6 Å². The van der Waals surface area contributed by atoms with Crippen LogP contribution >= 0.6 is 11.6 Å². The molecule has 0 bridgehead atoms. The van der Waals surface area contributed by atoms with Crippen molar-refractivity contribution >= 4 is 22.5 Å². The molecule has 0 spiro atoms. The summed E-state index contributed by atoms with van der Waals surface area (Å²) < 4.78 is 15.1. The lowest BCUT2D eigenvalue weighted by Gasteiger charge is -2.07. The molecule has 0 amide bonds. The van der Waals surface area contributed by atoms with Crippen LogP contribution in [-0.2, 0) is 0 Å². The van der Waals surface area contributed by atoms with Crippen molar-refractivity contribution in [1.29, 1.82) is 0 Å². The summed E-state index contributed by atoms with van der Waals surface area (Å²) in [7, 11) is 0. The van der Waals surface area contributed by atoms with Crippen molar-refractivity contribution in [3.8, 4) is 22.6 Å². The van der Waals surface area contributed by atoms with Crippen molar-refractivity contribution in [2.45, 2.75) is 0 Å². The molecule has 0 aliphatic carbocycles. The highest BCUT2D eigenvalue weighted by molar-refractivity contribution is 6.33. The standard InChI is InChI=1S/C19H12ClFN2O/c20-16-4-2-1-3-15(16)12-5-7-14(8-6-12)23-18-10-19(24)17(21)9-13(18)11-22-23/h1-11,24H. The second-order valence-electron chi connectivity index (χ2n) is 5.45. The summed E-state index contributed by atoms with van der Waals surface area (Å²) in [6.45, 7) is 0. The van der Waals surface area contributed by atoms with E-state index in [-0.39, 0.29) is 0 Å². The van der Waals surface area contributed by atoms with Crippen LogP contribution in [0.1, 0.15) is 0 Å². The largest absolute Gasteiger partial charge is 0.505 e. The molecule has 0 saturated carbocycles. The van der Waals surface area contributed by atoms with E-state index in [9.17, 15) is 9.50 Å². The molecule has 0 atom stereocenters. The summed E-state index contributed by atoms with van der Waals surface area (Å²) in [6.07, 6.45) is 1.57. The van der Waals surface area contributed by atoms with Gasteiger partial charge in [0.25, 0.3) is 0 Å². The normalized spacial score (nSPS) is 11.1. The zero-order valence-corrected chi connectivity index (χ0v) is 13.2. The van der Waals surface area contributed by atoms with Crippen molar-refractivity contribution in [1.82, 2.24) is 9.78 Å². The summed E-state index contributed by atoms with van der Waals surface area (Å²) in [5.41, 5.74) is 3.40. The van der Waals surface area contributed by atoms with E-state index >= 15 is 0 Å². The second-order valence-corrected chi connectivity index (χ2v) is 5.85. The summed E-state index contributed by atoms with van der Waals surface area (Å²) in [5, 5.41) is 15.2. The van der Waals surface area contributed by atoms with Gasteiger partial charge in [-0.05, 0) is 29.8 Å². The van der Waals surface area contributed by atoms with Crippen molar-refractivity contribution < 1.29 is 9.50 Å². The molecule has 1 aromatic heterocycles. The lowest BCUT2D eigenvalue weighted by Crippen LogP contribution is -1.96. The second kappa shape index (κ2) is 5.65. The van der Waals surface area contributed by atoms with Gasteiger partial charge in [-0.15, -0.1) is 0 Å². The average molecular weight is 339 g/mol. The third kappa shape index (κ3) is 2.41. The van der Waals surface area contributed by atoms with E-state index in [2.05, 4.69) is 5.10 Å². The van der Waals surface area contributed by atoms with Crippen LogP contribution in [0.5, 0.6) is 5.75 Å². The van der Waals surface area contributed by atoms with Crippen LogP contribution in [0, 0.1) is 5.82 Å². The first kappa shape index (κ1) is 14.7. The maximum absolute atomic E-state index is 13.4. The van der Waals surface area contributed by atoms with Crippen LogP contribution < -0.4 is 0 Å². The van der Waals surface area contributed by atoms with Gasteiger partial charge in [0.1, 0.15) is 0 Å². The molecule has 5 heteroatoms. The number of aromatic hydroxyl groups is 1.